The molecule has 0 aliphatic heterocycles. The summed E-state index contributed by atoms with van der Waals surface area (Å²) < 4.78 is 5.20. The normalized spacial score (nSPS) is 10.3. The van der Waals surface area contributed by atoms with E-state index >= 15 is 0 Å². The van der Waals surface area contributed by atoms with E-state index in [1.807, 2.05) is 37.3 Å². The summed E-state index contributed by atoms with van der Waals surface area (Å²) in [5, 5.41) is 0. The molecule has 1 aromatic heterocycles. The van der Waals surface area contributed by atoms with Crippen LogP contribution in [0.2, 0.25) is 0 Å². The van der Waals surface area contributed by atoms with Crippen molar-refractivity contribution in [3.05, 3.63) is 41.7 Å². The van der Waals surface area contributed by atoms with Crippen molar-refractivity contribution in [2.24, 2.45) is 0 Å². The van der Waals surface area contributed by atoms with Crippen molar-refractivity contribution in [3.63, 3.8) is 0 Å². The zero-order valence-corrected chi connectivity index (χ0v) is 12.1. The van der Waals surface area contributed by atoms with E-state index in [1.54, 1.807) is 7.11 Å². The number of methoxy groups -OCH3 is 1. The van der Waals surface area contributed by atoms with E-state index in [1.165, 1.54) is 5.56 Å². The van der Waals surface area contributed by atoms with E-state index in [0.29, 0.717) is 11.7 Å². The van der Waals surface area contributed by atoms with Crippen molar-refractivity contribution < 1.29 is 4.74 Å². The number of benzene rings is 1. The summed E-state index contributed by atoms with van der Waals surface area (Å²) in [7, 11) is 1.61. The standard InChI is InChI=1S/C15H20N4O/c1-4-19(10-12-5-7-13(16)8-6-12)14-9-15(20-3)18-11(2)17-14/h5-9H,4,10,16H2,1-3H3. The summed E-state index contributed by atoms with van der Waals surface area (Å²) in [4.78, 5) is 10.9. The average Bonchev–Trinajstić information content (AvgIpc) is 2.46. The van der Waals surface area contributed by atoms with E-state index < -0.39 is 0 Å². The van der Waals surface area contributed by atoms with Crippen LogP contribution >= 0.6 is 0 Å². The lowest BCUT2D eigenvalue weighted by molar-refractivity contribution is 0.395. The second-order valence-electron chi connectivity index (χ2n) is 4.57. The molecule has 1 aromatic carbocycles. The van der Waals surface area contributed by atoms with Crippen molar-refractivity contribution >= 4 is 11.5 Å². The van der Waals surface area contributed by atoms with Gasteiger partial charge in [-0.2, -0.15) is 4.98 Å². The predicted octanol–water partition coefficient (Wildman–Crippen LogP) is 2.40. The Morgan fingerprint density at radius 2 is 1.90 bits per heavy atom. The van der Waals surface area contributed by atoms with Gasteiger partial charge >= 0.3 is 0 Å². The van der Waals surface area contributed by atoms with Crippen LogP contribution < -0.4 is 15.4 Å². The van der Waals surface area contributed by atoms with Gasteiger partial charge in [0.2, 0.25) is 5.88 Å². The molecule has 0 saturated heterocycles. The number of ether oxygens (including phenoxy) is 1. The number of rotatable bonds is 5. The molecular formula is C15H20N4O. The molecule has 0 bridgehead atoms. The minimum absolute atomic E-state index is 0.586. The monoisotopic (exact) mass is 272 g/mol. The first kappa shape index (κ1) is 14.1. The maximum atomic E-state index is 5.71. The Bertz CT molecular complexity index is 569. The van der Waals surface area contributed by atoms with Crippen molar-refractivity contribution in [1.29, 1.82) is 0 Å². The van der Waals surface area contributed by atoms with Gasteiger partial charge in [0.1, 0.15) is 11.6 Å². The minimum atomic E-state index is 0.586. The number of hydrogen-bond donors (Lipinski definition) is 1. The van der Waals surface area contributed by atoms with E-state index in [2.05, 4.69) is 21.8 Å². The third-order valence-corrected chi connectivity index (χ3v) is 3.07. The van der Waals surface area contributed by atoms with E-state index in [-0.39, 0.29) is 0 Å². The van der Waals surface area contributed by atoms with Gasteiger partial charge in [-0.15, -0.1) is 0 Å². The maximum Gasteiger partial charge on any atom is 0.218 e. The Morgan fingerprint density at radius 1 is 1.20 bits per heavy atom. The molecule has 0 radical (unpaired) electrons. The van der Waals surface area contributed by atoms with Gasteiger partial charge in [0.15, 0.2) is 0 Å². The lowest BCUT2D eigenvalue weighted by atomic mass is 10.2. The number of hydrogen-bond acceptors (Lipinski definition) is 5. The summed E-state index contributed by atoms with van der Waals surface area (Å²) in [6.45, 7) is 5.59. The number of aryl methyl sites for hydroxylation is 1. The van der Waals surface area contributed by atoms with Crippen LogP contribution in [0, 0.1) is 6.92 Å². The highest BCUT2D eigenvalue weighted by Crippen LogP contribution is 2.19. The quantitative estimate of drug-likeness (QED) is 0.847. The summed E-state index contributed by atoms with van der Waals surface area (Å²) in [6, 6.07) is 9.74. The van der Waals surface area contributed by atoms with Crippen molar-refractivity contribution in [3.8, 4) is 5.88 Å². The molecule has 106 valence electrons. The van der Waals surface area contributed by atoms with Crippen LogP contribution in [-0.4, -0.2) is 23.6 Å². The highest BCUT2D eigenvalue weighted by atomic mass is 16.5. The summed E-state index contributed by atoms with van der Waals surface area (Å²) in [5.74, 6) is 2.16. The fourth-order valence-electron chi connectivity index (χ4n) is 1.99. The number of nitrogens with two attached hydrogens (primary N) is 1. The minimum Gasteiger partial charge on any atom is -0.481 e. The first-order valence-electron chi connectivity index (χ1n) is 6.61. The molecule has 5 heteroatoms. The first-order chi connectivity index (χ1) is 9.62. The van der Waals surface area contributed by atoms with Gasteiger partial charge in [0.25, 0.3) is 0 Å². The fraction of sp³-hybridized carbons (Fsp3) is 0.333. The predicted molar refractivity (Wildman–Crippen MR) is 80.9 cm³/mol. The SMILES string of the molecule is CCN(Cc1ccc(N)cc1)c1cc(OC)nc(C)n1. The molecule has 0 aliphatic rings. The molecule has 2 N–H and O–H groups in total. The van der Waals surface area contributed by atoms with Crippen LogP contribution in [0.15, 0.2) is 30.3 Å². The number of nitrogens with zero attached hydrogens (tertiary/aromatic N) is 3. The molecule has 0 aliphatic carbocycles. The van der Waals surface area contributed by atoms with Crippen molar-refractivity contribution in [2.75, 3.05) is 24.3 Å². The lowest BCUT2D eigenvalue weighted by Crippen LogP contribution is -2.23. The van der Waals surface area contributed by atoms with Crippen LogP contribution in [0.5, 0.6) is 5.88 Å². The number of nitrogen functional groups attached to an aromatic ring is 1. The van der Waals surface area contributed by atoms with E-state index in [4.69, 9.17) is 10.5 Å². The maximum absolute atomic E-state index is 5.71. The molecule has 0 spiro atoms. The molecule has 2 aromatic rings. The smallest absolute Gasteiger partial charge is 0.218 e. The number of anilines is 2. The molecule has 0 unspecified atom stereocenters. The van der Waals surface area contributed by atoms with Gasteiger partial charge in [-0.05, 0) is 31.5 Å². The van der Waals surface area contributed by atoms with Crippen LogP contribution in [0.1, 0.15) is 18.3 Å². The molecule has 0 fully saturated rings. The average molecular weight is 272 g/mol. The topological polar surface area (TPSA) is 64.3 Å². The van der Waals surface area contributed by atoms with Crippen LogP contribution in [-0.2, 0) is 6.54 Å². The van der Waals surface area contributed by atoms with E-state index in [0.717, 1.165) is 24.6 Å². The van der Waals surface area contributed by atoms with Crippen LogP contribution in [0.25, 0.3) is 0 Å². The Morgan fingerprint density at radius 3 is 2.50 bits per heavy atom. The molecule has 20 heavy (non-hydrogen) atoms. The van der Waals surface area contributed by atoms with Gasteiger partial charge in [-0.25, -0.2) is 4.98 Å². The molecular weight excluding hydrogens is 252 g/mol. The molecule has 5 nitrogen and oxygen atoms in total. The molecule has 2 rings (SSSR count). The fourth-order valence-corrected chi connectivity index (χ4v) is 1.99. The van der Waals surface area contributed by atoms with Gasteiger partial charge in [-0.1, -0.05) is 12.1 Å². The Kier molecular flexibility index (Phi) is 4.40. The van der Waals surface area contributed by atoms with Crippen molar-refractivity contribution in [2.45, 2.75) is 20.4 Å². The zero-order valence-electron chi connectivity index (χ0n) is 12.1. The van der Waals surface area contributed by atoms with Gasteiger partial charge in [-0.3, -0.25) is 0 Å². The van der Waals surface area contributed by atoms with Crippen LogP contribution in [0.4, 0.5) is 11.5 Å². The summed E-state index contributed by atoms with van der Waals surface area (Å²) >= 11 is 0. The Hall–Kier alpha value is -2.30. The van der Waals surface area contributed by atoms with E-state index in [9.17, 15) is 0 Å². The zero-order chi connectivity index (χ0) is 14.5. The molecule has 0 amide bonds. The summed E-state index contributed by atoms with van der Waals surface area (Å²) in [5.41, 5.74) is 7.67. The van der Waals surface area contributed by atoms with Crippen LogP contribution in [0.3, 0.4) is 0 Å². The highest BCUT2D eigenvalue weighted by Gasteiger charge is 2.10. The first-order valence-corrected chi connectivity index (χ1v) is 6.61. The largest absolute Gasteiger partial charge is 0.481 e. The lowest BCUT2D eigenvalue weighted by Gasteiger charge is -2.22. The van der Waals surface area contributed by atoms with Gasteiger partial charge in [0.05, 0.1) is 7.11 Å². The molecule has 1 heterocycles. The van der Waals surface area contributed by atoms with Gasteiger partial charge in [0, 0.05) is 24.8 Å². The third kappa shape index (κ3) is 3.38. The Labute approximate surface area is 119 Å². The number of aromatic nitrogens is 2. The Balaban J connectivity index is 2.23. The second kappa shape index (κ2) is 6.23. The summed E-state index contributed by atoms with van der Waals surface area (Å²) in [6.07, 6.45) is 0. The van der Waals surface area contributed by atoms with Gasteiger partial charge < -0.3 is 15.4 Å². The third-order valence-electron chi connectivity index (χ3n) is 3.07. The second-order valence-corrected chi connectivity index (χ2v) is 4.57. The van der Waals surface area contributed by atoms with Crippen molar-refractivity contribution in [1.82, 2.24) is 9.97 Å². The molecule has 0 saturated carbocycles. The molecule has 0 atom stereocenters. The highest BCUT2D eigenvalue weighted by molar-refractivity contribution is 5.44.